The third-order valence-corrected chi connectivity index (χ3v) is 8.93. The summed E-state index contributed by atoms with van der Waals surface area (Å²) in [6, 6.07) is 18.3. The Hall–Kier alpha value is -3.98. The van der Waals surface area contributed by atoms with Gasteiger partial charge < -0.3 is 20.1 Å². The number of anilines is 1. The van der Waals surface area contributed by atoms with Crippen LogP contribution in [0.4, 0.5) is 14.9 Å². The number of aliphatic hydroxyl groups excluding tert-OH is 1. The monoisotopic (exact) mass is 566 g/mol. The van der Waals surface area contributed by atoms with E-state index < -0.39 is 39.9 Å². The molecule has 210 valence electrons. The lowest BCUT2D eigenvalue weighted by molar-refractivity contribution is 0.0830. The van der Waals surface area contributed by atoms with Crippen molar-refractivity contribution in [3.63, 3.8) is 0 Å². The summed E-state index contributed by atoms with van der Waals surface area (Å²) < 4.78 is 49.1. The summed E-state index contributed by atoms with van der Waals surface area (Å²) in [5.74, 6) is -0.874. The highest BCUT2D eigenvalue weighted by molar-refractivity contribution is 7.89. The Balaban J connectivity index is 1.71. The molecule has 0 bridgehead atoms. The maximum Gasteiger partial charge on any atom is 0.321 e. The summed E-state index contributed by atoms with van der Waals surface area (Å²) in [7, 11) is -2.51. The number of rotatable bonds is 6. The number of hydrogen-bond acceptors (Lipinski definition) is 6. The Morgan fingerprint density at radius 3 is 2.62 bits per heavy atom. The summed E-state index contributed by atoms with van der Waals surface area (Å²) in [6.45, 7) is 3.17. The van der Waals surface area contributed by atoms with Crippen molar-refractivity contribution in [2.75, 3.05) is 32.1 Å². The first-order chi connectivity index (χ1) is 19.0. The van der Waals surface area contributed by atoms with Gasteiger partial charge >= 0.3 is 6.03 Å². The molecule has 0 aliphatic carbocycles. The molecule has 0 unspecified atom stereocenters. The van der Waals surface area contributed by atoms with Crippen LogP contribution in [0.25, 0.3) is 11.1 Å². The number of sulfonamides is 1. The number of nitriles is 1. The van der Waals surface area contributed by atoms with Crippen LogP contribution in [-0.2, 0) is 10.0 Å². The molecule has 9 nitrogen and oxygen atoms in total. The molecule has 0 fully saturated rings. The number of nitrogens with one attached hydrogen (secondary N) is 1. The van der Waals surface area contributed by atoms with Gasteiger partial charge in [-0.2, -0.15) is 9.57 Å². The van der Waals surface area contributed by atoms with Gasteiger partial charge in [-0.3, -0.25) is 0 Å². The molecule has 3 aromatic carbocycles. The zero-order chi connectivity index (χ0) is 29.0. The second kappa shape index (κ2) is 12.0. The van der Waals surface area contributed by atoms with E-state index in [2.05, 4.69) is 11.4 Å². The number of hydrogen-bond donors (Lipinski definition) is 2. The van der Waals surface area contributed by atoms with E-state index in [4.69, 9.17) is 4.74 Å². The van der Waals surface area contributed by atoms with Crippen LogP contribution in [0.1, 0.15) is 19.4 Å². The number of halogens is 1. The molecule has 1 heterocycles. The minimum absolute atomic E-state index is 0.0367. The summed E-state index contributed by atoms with van der Waals surface area (Å²) >= 11 is 0. The first-order valence-electron chi connectivity index (χ1n) is 12.8. The number of urea groups is 1. The average molecular weight is 567 g/mol. The third kappa shape index (κ3) is 6.09. The quantitative estimate of drug-likeness (QED) is 0.459. The molecular formula is C29H31FN4O5S. The van der Waals surface area contributed by atoms with Gasteiger partial charge in [-0.15, -0.1) is 0 Å². The minimum Gasteiger partial charge on any atom is -0.487 e. The van der Waals surface area contributed by atoms with Crippen LogP contribution < -0.4 is 10.1 Å². The molecule has 3 atom stereocenters. The van der Waals surface area contributed by atoms with Crippen LogP contribution in [0.5, 0.6) is 5.75 Å². The van der Waals surface area contributed by atoms with Gasteiger partial charge in [-0.05, 0) is 54.4 Å². The highest BCUT2D eigenvalue weighted by Gasteiger charge is 2.38. The van der Waals surface area contributed by atoms with Gasteiger partial charge in [0.15, 0.2) is 0 Å². The molecule has 11 heteroatoms. The van der Waals surface area contributed by atoms with Crippen molar-refractivity contribution in [1.82, 2.24) is 9.21 Å². The molecule has 2 amide bonds. The fraction of sp³-hybridized carbons (Fsp3) is 0.310. The minimum atomic E-state index is -4.05. The maximum atomic E-state index is 14.1. The molecule has 0 saturated carbocycles. The van der Waals surface area contributed by atoms with Gasteiger partial charge in [0.2, 0.25) is 10.0 Å². The smallest absolute Gasteiger partial charge is 0.321 e. The van der Waals surface area contributed by atoms with Gasteiger partial charge in [-0.25, -0.2) is 17.6 Å². The number of para-hydroxylation sites is 1. The van der Waals surface area contributed by atoms with Crippen molar-refractivity contribution in [1.29, 1.82) is 5.26 Å². The highest BCUT2D eigenvalue weighted by atomic mass is 32.2. The van der Waals surface area contributed by atoms with Gasteiger partial charge in [-0.1, -0.05) is 37.3 Å². The zero-order valence-electron chi connectivity index (χ0n) is 22.4. The molecule has 1 aliphatic rings. The first kappa shape index (κ1) is 29.0. The molecule has 4 rings (SSSR count). The van der Waals surface area contributed by atoms with Crippen molar-refractivity contribution in [3.8, 4) is 22.9 Å². The van der Waals surface area contributed by atoms with Crippen molar-refractivity contribution < 1.29 is 27.4 Å². The van der Waals surface area contributed by atoms with Crippen molar-refractivity contribution in [2.45, 2.75) is 30.9 Å². The fourth-order valence-corrected chi connectivity index (χ4v) is 6.34. The average Bonchev–Trinajstić information content (AvgIpc) is 2.95. The maximum absolute atomic E-state index is 14.1. The Bertz CT molecular complexity index is 1540. The van der Waals surface area contributed by atoms with Crippen molar-refractivity contribution in [2.24, 2.45) is 5.92 Å². The molecule has 0 aromatic heterocycles. The number of carbonyl (C=O) groups excluding carboxylic acids is 1. The van der Waals surface area contributed by atoms with Crippen LogP contribution in [0.15, 0.2) is 71.6 Å². The van der Waals surface area contributed by atoms with Gasteiger partial charge in [0.1, 0.15) is 22.6 Å². The Kier molecular flexibility index (Phi) is 8.73. The number of benzene rings is 3. The van der Waals surface area contributed by atoms with Crippen LogP contribution in [0, 0.1) is 23.1 Å². The SMILES string of the molecule is C[C@H](CO)N1C[C@H](C)[C@H](CN(C)C(=O)Nc2ccccc2F)Oc2cc(-c3cccc(C#N)c3)ccc2S1(=O)=O. The predicted molar refractivity (Wildman–Crippen MR) is 149 cm³/mol. The van der Waals surface area contributed by atoms with Crippen LogP contribution in [-0.4, -0.2) is 67.7 Å². The fourth-order valence-electron chi connectivity index (χ4n) is 4.52. The number of fused-ring (bicyclic) bond motifs is 1. The van der Waals surface area contributed by atoms with Gasteiger partial charge in [0.25, 0.3) is 0 Å². The zero-order valence-corrected chi connectivity index (χ0v) is 23.2. The third-order valence-electron chi connectivity index (χ3n) is 6.91. The summed E-state index contributed by atoms with van der Waals surface area (Å²) in [4.78, 5) is 14.2. The summed E-state index contributed by atoms with van der Waals surface area (Å²) in [6.07, 6.45) is -0.653. The van der Waals surface area contributed by atoms with E-state index in [9.17, 15) is 28.0 Å². The highest BCUT2D eigenvalue weighted by Crippen LogP contribution is 2.36. The molecule has 40 heavy (non-hydrogen) atoms. The largest absolute Gasteiger partial charge is 0.487 e. The molecule has 2 N–H and O–H groups in total. The van der Waals surface area contributed by atoms with Gasteiger partial charge in [0, 0.05) is 25.6 Å². The van der Waals surface area contributed by atoms with E-state index in [1.165, 1.54) is 33.5 Å². The molecule has 0 spiro atoms. The lowest BCUT2D eigenvalue weighted by atomic mass is 10.0. The molecule has 0 saturated heterocycles. The lowest BCUT2D eigenvalue weighted by Gasteiger charge is -2.37. The van der Waals surface area contributed by atoms with E-state index in [1.54, 1.807) is 56.4 Å². The second-order valence-corrected chi connectivity index (χ2v) is 11.7. The van der Waals surface area contributed by atoms with E-state index in [0.717, 1.165) is 0 Å². The molecule has 1 aliphatic heterocycles. The number of ether oxygens (including phenoxy) is 1. The predicted octanol–water partition coefficient (Wildman–Crippen LogP) is 4.30. The van der Waals surface area contributed by atoms with Crippen molar-refractivity contribution in [3.05, 3.63) is 78.1 Å². The van der Waals surface area contributed by atoms with Gasteiger partial charge in [0.05, 0.1) is 30.5 Å². The standard InChI is InChI=1S/C29H31FN4O5S/c1-19-16-34(20(2)18-35)40(37,38)28-12-11-23(22-8-6-7-21(13-22)15-31)14-26(28)39-27(19)17-33(3)29(36)32-25-10-5-4-9-24(25)30/h4-14,19-20,27,35H,16-18H2,1-3H3,(H,32,36)/t19-,20+,27-/m0/s1. The van der Waals surface area contributed by atoms with Crippen LogP contribution in [0.2, 0.25) is 0 Å². The lowest BCUT2D eigenvalue weighted by Crippen LogP contribution is -2.50. The topological polar surface area (TPSA) is 123 Å². The summed E-state index contributed by atoms with van der Waals surface area (Å²) in [5.41, 5.74) is 1.84. The molecular weight excluding hydrogens is 535 g/mol. The Labute approximate surface area is 233 Å². The van der Waals surface area contributed by atoms with Crippen LogP contribution in [0.3, 0.4) is 0 Å². The van der Waals surface area contributed by atoms with E-state index >= 15 is 0 Å². The normalized spacial score (nSPS) is 19.2. The number of nitrogens with zero attached hydrogens (tertiary/aromatic N) is 3. The van der Waals surface area contributed by atoms with Crippen molar-refractivity contribution >= 4 is 21.7 Å². The Morgan fingerprint density at radius 2 is 1.93 bits per heavy atom. The number of carbonyl (C=O) groups is 1. The van der Waals surface area contributed by atoms with E-state index in [-0.39, 0.29) is 36.0 Å². The Morgan fingerprint density at radius 1 is 1.20 bits per heavy atom. The summed E-state index contributed by atoms with van der Waals surface area (Å²) in [5, 5.41) is 21.7. The first-order valence-corrected chi connectivity index (χ1v) is 14.2. The van der Waals surface area contributed by atoms with E-state index in [0.29, 0.717) is 16.7 Å². The number of aliphatic hydroxyl groups is 1. The number of likely N-dealkylation sites (N-methyl/N-ethyl adjacent to an activating group) is 1. The van der Waals surface area contributed by atoms with E-state index in [1.807, 2.05) is 6.92 Å². The second-order valence-electron chi connectivity index (χ2n) is 9.88. The molecule has 3 aromatic rings. The number of amides is 2. The van der Waals surface area contributed by atoms with Crippen LogP contribution >= 0.6 is 0 Å². The molecule has 0 radical (unpaired) electrons.